The second kappa shape index (κ2) is 10.8. The number of rotatable bonds is 10. The third kappa shape index (κ3) is 4.96. The highest BCUT2D eigenvalue weighted by atomic mass is 16.5. The van der Waals surface area contributed by atoms with Crippen LogP contribution in [0.1, 0.15) is 57.2 Å². The van der Waals surface area contributed by atoms with Crippen molar-refractivity contribution in [2.24, 2.45) is 0 Å². The van der Waals surface area contributed by atoms with Gasteiger partial charge in [-0.1, -0.05) is 32.4 Å². The van der Waals surface area contributed by atoms with Crippen LogP contribution in [0.4, 0.5) is 0 Å². The van der Waals surface area contributed by atoms with Gasteiger partial charge >= 0.3 is 0 Å². The molecule has 0 radical (unpaired) electrons. The van der Waals surface area contributed by atoms with Gasteiger partial charge in [-0.25, -0.2) is 0 Å². The first-order valence-electron chi connectivity index (χ1n) is 11.3. The van der Waals surface area contributed by atoms with Crippen LogP contribution in [0.5, 0.6) is 11.5 Å². The van der Waals surface area contributed by atoms with Crippen LogP contribution in [0.2, 0.25) is 0 Å². The van der Waals surface area contributed by atoms with Crippen molar-refractivity contribution in [3.8, 4) is 11.5 Å². The lowest BCUT2D eigenvalue weighted by atomic mass is 9.95. The third-order valence-electron chi connectivity index (χ3n) is 5.40. The molecule has 1 heterocycles. The van der Waals surface area contributed by atoms with Gasteiger partial charge in [-0.3, -0.25) is 9.59 Å². The van der Waals surface area contributed by atoms with Crippen molar-refractivity contribution in [2.75, 3.05) is 19.8 Å². The van der Waals surface area contributed by atoms with Gasteiger partial charge in [0.2, 0.25) is 0 Å². The van der Waals surface area contributed by atoms with Crippen molar-refractivity contribution in [1.82, 2.24) is 4.90 Å². The van der Waals surface area contributed by atoms with Crippen LogP contribution in [0.25, 0.3) is 5.76 Å². The molecule has 1 aliphatic rings. The summed E-state index contributed by atoms with van der Waals surface area (Å²) in [6, 6.07) is 13.6. The molecule has 1 fully saturated rings. The standard InChI is InChI=1S/C26H31NO5/c1-4-7-16-27-23(18-8-12-21(13-9-18)32-17-5-2)22(25(29)26(27)30)24(28)19-10-14-20(15-11-19)31-6-3/h8-15,23,28H,4-7,16-17H2,1-3H3/b24-22-. The summed E-state index contributed by atoms with van der Waals surface area (Å²) in [5, 5.41) is 11.1. The highest BCUT2D eigenvalue weighted by Crippen LogP contribution is 2.40. The van der Waals surface area contributed by atoms with Crippen molar-refractivity contribution < 1.29 is 24.2 Å². The summed E-state index contributed by atoms with van der Waals surface area (Å²) in [4.78, 5) is 27.4. The Labute approximate surface area is 189 Å². The Bertz CT molecular complexity index is 963. The quantitative estimate of drug-likeness (QED) is 0.318. The predicted molar refractivity (Wildman–Crippen MR) is 124 cm³/mol. The van der Waals surface area contributed by atoms with E-state index < -0.39 is 17.7 Å². The van der Waals surface area contributed by atoms with Crippen LogP contribution < -0.4 is 9.47 Å². The normalized spacial score (nSPS) is 17.6. The van der Waals surface area contributed by atoms with E-state index in [0.29, 0.717) is 31.1 Å². The summed E-state index contributed by atoms with van der Waals surface area (Å²) in [7, 11) is 0. The molecule has 6 nitrogen and oxygen atoms in total. The van der Waals surface area contributed by atoms with Gasteiger partial charge in [-0.2, -0.15) is 0 Å². The highest BCUT2D eigenvalue weighted by Gasteiger charge is 2.45. The summed E-state index contributed by atoms with van der Waals surface area (Å²) in [5.41, 5.74) is 1.34. The molecule has 3 rings (SSSR count). The summed E-state index contributed by atoms with van der Waals surface area (Å²) in [5.74, 6) is -0.0213. The molecule has 6 heteroatoms. The number of carbonyl (C=O) groups is 2. The van der Waals surface area contributed by atoms with Crippen LogP contribution in [-0.2, 0) is 9.59 Å². The number of benzene rings is 2. The molecule has 0 bridgehead atoms. The number of amides is 1. The van der Waals surface area contributed by atoms with Gasteiger partial charge in [0.1, 0.15) is 17.3 Å². The van der Waals surface area contributed by atoms with Crippen molar-refractivity contribution in [3.05, 3.63) is 65.2 Å². The van der Waals surface area contributed by atoms with Gasteiger partial charge in [0.05, 0.1) is 24.8 Å². The van der Waals surface area contributed by atoms with Crippen LogP contribution in [0.15, 0.2) is 54.1 Å². The van der Waals surface area contributed by atoms with Gasteiger partial charge in [0.15, 0.2) is 0 Å². The molecule has 1 atom stereocenters. The largest absolute Gasteiger partial charge is 0.507 e. The minimum absolute atomic E-state index is 0.109. The van der Waals surface area contributed by atoms with E-state index in [9.17, 15) is 14.7 Å². The number of aliphatic hydroxyl groups is 1. The Morgan fingerprint density at radius 2 is 1.53 bits per heavy atom. The molecule has 1 aliphatic heterocycles. The zero-order chi connectivity index (χ0) is 23.1. The number of hydrogen-bond donors (Lipinski definition) is 1. The average Bonchev–Trinajstić information content (AvgIpc) is 3.06. The molecule has 1 unspecified atom stereocenters. The maximum atomic E-state index is 13.0. The lowest BCUT2D eigenvalue weighted by Gasteiger charge is -2.25. The molecule has 1 N–H and O–H groups in total. The molecule has 170 valence electrons. The van der Waals surface area contributed by atoms with Gasteiger partial charge in [-0.15, -0.1) is 0 Å². The average molecular weight is 438 g/mol. The summed E-state index contributed by atoms with van der Waals surface area (Å²) < 4.78 is 11.1. The minimum Gasteiger partial charge on any atom is -0.507 e. The Hall–Kier alpha value is -3.28. The number of hydrogen-bond acceptors (Lipinski definition) is 5. The van der Waals surface area contributed by atoms with Crippen LogP contribution >= 0.6 is 0 Å². The minimum atomic E-state index is -0.663. The number of aliphatic hydroxyl groups excluding tert-OH is 1. The summed E-state index contributed by atoms with van der Waals surface area (Å²) >= 11 is 0. The monoisotopic (exact) mass is 437 g/mol. The molecule has 2 aromatic rings. The van der Waals surface area contributed by atoms with E-state index in [-0.39, 0.29) is 11.3 Å². The van der Waals surface area contributed by atoms with E-state index in [0.717, 1.165) is 30.6 Å². The van der Waals surface area contributed by atoms with Gasteiger partial charge < -0.3 is 19.5 Å². The zero-order valence-electron chi connectivity index (χ0n) is 19.0. The molecule has 1 amide bonds. The fourth-order valence-electron chi connectivity index (χ4n) is 3.78. The van der Waals surface area contributed by atoms with Crippen LogP contribution in [0, 0.1) is 0 Å². The number of ketones is 1. The predicted octanol–water partition coefficient (Wildman–Crippen LogP) is 5.10. The lowest BCUT2D eigenvalue weighted by molar-refractivity contribution is -0.139. The molecule has 1 saturated heterocycles. The van der Waals surface area contributed by atoms with Crippen molar-refractivity contribution in [3.63, 3.8) is 0 Å². The van der Waals surface area contributed by atoms with Crippen molar-refractivity contribution in [2.45, 2.75) is 46.1 Å². The fourth-order valence-corrected chi connectivity index (χ4v) is 3.78. The van der Waals surface area contributed by atoms with Crippen LogP contribution in [-0.4, -0.2) is 41.5 Å². The highest BCUT2D eigenvalue weighted by molar-refractivity contribution is 6.46. The lowest BCUT2D eigenvalue weighted by Crippen LogP contribution is -2.30. The van der Waals surface area contributed by atoms with E-state index >= 15 is 0 Å². The molecule has 0 aromatic heterocycles. The number of likely N-dealkylation sites (tertiary alicyclic amines) is 1. The second-order valence-electron chi connectivity index (χ2n) is 7.72. The molecular formula is C26H31NO5. The molecule has 0 spiro atoms. The van der Waals surface area contributed by atoms with Crippen molar-refractivity contribution >= 4 is 17.4 Å². The molecule has 32 heavy (non-hydrogen) atoms. The Morgan fingerprint density at radius 3 is 2.12 bits per heavy atom. The first kappa shape index (κ1) is 23.4. The molecular weight excluding hydrogens is 406 g/mol. The molecule has 2 aromatic carbocycles. The first-order chi connectivity index (χ1) is 15.5. The Kier molecular flexibility index (Phi) is 7.92. The third-order valence-corrected chi connectivity index (χ3v) is 5.40. The maximum Gasteiger partial charge on any atom is 0.295 e. The summed E-state index contributed by atoms with van der Waals surface area (Å²) in [6.07, 6.45) is 2.56. The number of carbonyl (C=O) groups excluding carboxylic acids is 2. The number of nitrogens with zero attached hydrogens (tertiary/aromatic N) is 1. The zero-order valence-corrected chi connectivity index (χ0v) is 19.0. The van der Waals surface area contributed by atoms with Gasteiger partial charge in [0.25, 0.3) is 11.7 Å². The molecule has 0 aliphatic carbocycles. The van der Waals surface area contributed by atoms with E-state index in [1.807, 2.05) is 45.0 Å². The smallest absolute Gasteiger partial charge is 0.295 e. The fraction of sp³-hybridized carbons (Fsp3) is 0.385. The van der Waals surface area contributed by atoms with E-state index in [2.05, 4.69) is 0 Å². The van der Waals surface area contributed by atoms with Crippen LogP contribution in [0.3, 0.4) is 0 Å². The molecule has 0 saturated carbocycles. The van der Waals surface area contributed by atoms with Crippen molar-refractivity contribution in [1.29, 1.82) is 0 Å². The van der Waals surface area contributed by atoms with E-state index in [1.165, 1.54) is 0 Å². The van der Waals surface area contributed by atoms with Gasteiger partial charge in [0, 0.05) is 12.1 Å². The number of ether oxygens (including phenoxy) is 2. The van der Waals surface area contributed by atoms with E-state index in [4.69, 9.17) is 9.47 Å². The van der Waals surface area contributed by atoms with Gasteiger partial charge in [-0.05, 0) is 61.7 Å². The van der Waals surface area contributed by atoms with E-state index in [1.54, 1.807) is 29.2 Å². The summed E-state index contributed by atoms with van der Waals surface area (Å²) in [6.45, 7) is 7.56. The Morgan fingerprint density at radius 1 is 0.906 bits per heavy atom. The maximum absolute atomic E-state index is 13.0. The first-order valence-corrected chi connectivity index (χ1v) is 11.3. The number of unbranched alkanes of at least 4 members (excludes halogenated alkanes) is 1. The topological polar surface area (TPSA) is 76.1 Å². The number of Topliss-reactive ketones (excluding diaryl/α,β-unsaturated/α-hetero) is 1. The second-order valence-corrected chi connectivity index (χ2v) is 7.72. The SMILES string of the molecule is CCCCN1C(=O)C(=O)/C(=C(\O)c2ccc(OCC)cc2)C1c1ccc(OCCC)cc1. The Balaban J connectivity index is 2.03.